The molecule has 0 amide bonds. The van der Waals surface area contributed by atoms with Gasteiger partial charge in [0.15, 0.2) is 0 Å². The van der Waals surface area contributed by atoms with Crippen LogP contribution in [-0.2, 0) is 22.4 Å². The maximum absolute atomic E-state index is 11.6. The molecule has 0 atom stereocenters. The van der Waals surface area contributed by atoms with Gasteiger partial charge < -0.3 is 14.5 Å². The van der Waals surface area contributed by atoms with Gasteiger partial charge in [-0.1, -0.05) is 36.4 Å². The summed E-state index contributed by atoms with van der Waals surface area (Å²) in [5.74, 6) is 0.652. The van der Waals surface area contributed by atoms with Crippen LogP contribution < -0.4 is 4.74 Å². The lowest BCUT2D eigenvalue weighted by molar-refractivity contribution is -0.140. The van der Waals surface area contributed by atoms with E-state index in [1.807, 2.05) is 18.3 Å². The predicted molar refractivity (Wildman–Crippen MR) is 124 cm³/mol. The first-order chi connectivity index (χ1) is 15.1. The molecule has 158 valence electrons. The van der Waals surface area contributed by atoms with Crippen LogP contribution in [0.1, 0.15) is 23.1 Å². The van der Waals surface area contributed by atoms with Crippen molar-refractivity contribution in [2.24, 2.45) is 0 Å². The number of rotatable bonds is 8. The maximum atomic E-state index is 11.6. The molecule has 0 unspecified atom stereocenters. The molecule has 0 fully saturated rings. The largest absolute Gasteiger partial charge is 0.493 e. The van der Waals surface area contributed by atoms with Gasteiger partial charge in [-0.15, -0.1) is 0 Å². The van der Waals surface area contributed by atoms with Crippen LogP contribution in [0.3, 0.4) is 0 Å². The summed E-state index contributed by atoms with van der Waals surface area (Å²) in [6.45, 7) is 2.73. The van der Waals surface area contributed by atoms with Crippen molar-refractivity contribution in [2.75, 3.05) is 13.7 Å². The standard InChI is InChI=1S/C27H27NO3/c1-19-5-3-4-6-21(19)14-16-31-26-11-7-20(8-12-27(29)30-2)17-24(26)22-9-10-25-23(18-22)13-15-28-25/h3-7,9-11,13,15,17-18,28H,8,12,14,16H2,1-2H3. The van der Waals surface area contributed by atoms with Crippen LogP contribution in [0.4, 0.5) is 0 Å². The maximum Gasteiger partial charge on any atom is 0.305 e. The molecule has 1 heterocycles. The molecule has 0 saturated carbocycles. The van der Waals surface area contributed by atoms with Gasteiger partial charge in [-0.2, -0.15) is 0 Å². The molecule has 1 aromatic heterocycles. The highest BCUT2D eigenvalue weighted by Crippen LogP contribution is 2.33. The van der Waals surface area contributed by atoms with E-state index in [0.29, 0.717) is 19.4 Å². The molecule has 31 heavy (non-hydrogen) atoms. The number of hydrogen-bond donors (Lipinski definition) is 1. The Morgan fingerprint density at radius 1 is 0.968 bits per heavy atom. The third-order valence-corrected chi connectivity index (χ3v) is 5.64. The Morgan fingerprint density at radius 2 is 1.84 bits per heavy atom. The third kappa shape index (κ3) is 4.97. The molecule has 4 rings (SSSR count). The predicted octanol–water partition coefficient (Wildman–Crippen LogP) is 5.87. The summed E-state index contributed by atoms with van der Waals surface area (Å²) in [5, 5.41) is 1.16. The number of aromatic amines is 1. The number of H-pyrrole nitrogens is 1. The second-order valence-corrected chi connectivity index (χ2v) is 7.71. The SMILES string of the molecule is COC(=O)CCc1ccc(OCCc2ccccc2C)c(-c2ccc3[nH]ccc3c2)c1. The lowest BCUT2D eigenvalue weighted by Gasteiger charge is -2.14. The minimum atomic E-state index is -0.200. The number of hydrogen-bond acceptors (Lipinski definition) is 3. The minimum Gasteiger partial charge on any atom is -0.493 e. The Hall–Kier alpha value is -3.53. The fourth-order valence-electron chi connectivity index (χ4n) is 3.81. The van der Waals surface area contributed by atoms with Crippen LogP contribution in [0.15, 0.2) is 72.9 Å². The minimum absolute atomic E-state index is 0.200. The molecule has 0 saturated heterocycles. The average molecular weight is 414 g/mol. The van der Waals surface area contributed by atoms with Crippen LogP contribution in [0.25, 0.3) is 22.0 Å². The fraction of sp³-hybridized carbons (Fsp3) is 0.222. The normalized spacial score (nSPS) is 10.9. The number of fused-ring (bicyclic) bond motifs is 1. The van der Waals surface area contributed by atoms with Crippen molar-refractivity contribution in [1.29, 1.82) is 0 Å². The molecule has 0 bridgehead atoms. The van der Waals surface area contributed by atoms with E-state index in [0.717, 1.165) is 39.8 Å². The lowest BCUT2D eigenvalue weighted by atomic mass is 9.98. The first-order valence-electron chi connectivity index (χ1n) is 10.6. The van der Waals surface area contributed by atoms with Gasteiger partial charge in [-0.25, -0.2) is 0 Å². The second kappa shape index (κ2) is 9.52. The Balaban J connectivity index is 1.59. The van der Waals surface area contributed by atoms with E-state index in [1.54, 1.807) is 0 Å². The summed E-state index contributed by atoms with van der Waals surface area (Å²) in [4.78, 5) is 14.8. The van der Waals surface area contributed by atoms with Crippen LogP contribution >= 0.6 is 0 Å². The number of esters is 1. The van der Waals surface area contributed by atoms with Gasteiger partial charge >= 0.3 is 5.97 Å². The van der Waals surface area contributed by atoms with Crippen LogP contribution in [0.2, 0.25) is 0 Å². The van der Waals surface area contributed by atoms with Crippen molar-refractivity contribution in [3.8, 4) is 16.9 Å². The molecule has 0 spiro atoms. The Morgan fingerprint density at radius 3 is 2.68 bits per heavy atom. The van der Waals surface area contributed by atoms with Gasteiger partial charge in [-0.3, -0.25) is 4.79 Å². The number of aromatic nitrogens is 1. The fourth-order valence-corrected chi connectivity index (χ4v) is 3.81. The van der Waals surface area contributed by atoms with E-state index in [9.17, 15) is 4.79 Å². The molecule has 4 nitrogen and oxygen atoms in total. The average Bonchev–Trinajstić information content (AvgIpc) is 3.27. The third-order valence-electron chi connectivity index (χ3n) is 5.64. The van der Waals surface area contributed by atoms with Crippen molar-refractivity contribution < 1.29 is 14.3 Å². The monoisotopic (exact) mass is 413 g/mol. The lowest BCUT2D eigenvalue weighted by Crippen LogP contribution is -2.05. The second-order valence-electron chi connectivity index (χ2n) is 7.71. The van der Waals surface area contributed by atoms with Crippen molar-refractivity contribution in [1.82, 2.24) is 4.98 Å². The van der Waals surface area contributed by atoms with Crippen molar-refractivity contribution >= 4 is 16.9 Å². The highest BCUT2D eigenvalue weighted by molar-refractivity contribution is 5.86. The molecule has 0 aliphatic heterocycles. The van der Waals surface area contributed by atoms with Crippen molar-refractivity contribution in [2.45, 2.75) is 26.2 Å². The van der Waals surface area contributed by atoms with E-state index < -0.39 is 0 Å². The van der Waals surface area contributed by atoms with E-state index in [2.05, 4.69) is 66.5 Å². The molecule has 0 aliphatic carbocycles. The summed E-state index contributed by atoms with van der Waals surface area (Å²) in [5.41, 5.74) is 6.90. The van der Waals surface area contributed by atoms with Gasteiger partial charge in [-0.05, 0) is 71.3 Å². The first kappa shape index (κ1) is 20.7. The molecule has 1 N–H and O–H groups in total. The topological polar surface area (TPSA) is 51.3 Å². The number of ether oxygens (including phenoxy) is 2. The first-order valence-corrected chi connectivity index (χ1v) is 10.6. The Labute approximate surface area is 182 Å². The smallest absolute Gasteiger partial charge is 0.305 e. The number of carbonyl (C=O) groups excluding carboxylic acids is 1. The van der Waals surface area contributed by atoms with E-state index in [1.165, 1.54) is 18.2 Å². The quantitative estimate of drug-likeness (QED) is 0.368. The Bertz CT molecular complexity index is 1190. The van der Waals surface area contributed by atoms with Gasteiger partial charge in [0.05, 0.1) is 13.7 Å². The number of carbonyl (C=O) groups is 1. The summed E-state index contributed by atoms with van der Waals surface area (Å²) in [6, 6.07) is 23.0. The van der Waals surface area contributed by atoms with E-state index in [-0.39, 0.29) is 5.97 Å². The van der Waals surface area contributed by atoms with Crippen LogP contribution in [-0.4, -0.2) is 24.7 Å². The number of nitrogens with one attached hydrogen (secondary N) is 1. The molecule has 4 aromatic rings. The van der Waals surface area contributed by atoms with Crippen molar-refractivity contribution in [3.63, 3.8) is 0 Å². The highest BCUT2D eigenvalue weighted by atomic mass is 16.5. The summed E-state index contributed by atoms with van der Waals surface area (Å²) in [6.07, 6.45) is 3.80. The van der Waals surface area contributed by atoms with Gasteiger partial charge in [0.2, 0.25) is 0 Å². The van der Waals surface area contributed by atoms with Gasteiger partial charge in [0.1, 0.15) is 5.75 Å². The molecule has 0 radical (unpaired) electrons. The highest BCUT2D eigenvalue weighted by Gasteiger charge is 2.11. The number of methoxy groups -OCH3 is 1. The van der Waals surface area contributed by atoms with Crippen LogP contribution in [0.5, 0.6) is 5.75 Å². The van der Waals surface area contributed by atoms with Crippen LogP contribution in [0, 0.1) is 6.92 Å². The molecule has 0 aliphatic rings. The summed E-state index contributed by atoms with van der Waals surface area (Å²) < 4.78 is 11.0. The molecule has 4 heteroatoms. The zero-order valence-corrected chi connectivity index (χ0v) is 18.0. The zero-order valence-electron chi connectivity index (χ0n) is 18.0. The summed E-state index contributed by atoms with van der Waals surface area (Å²) >= 11 is 0. The molecular weight excluding hydrogens is 386 g/mol. The Kier molecular flexibility index (Phi) is 6.37. The molecular formula is C27H27NO3. The van der Waals surface area contributed by atoms with Crippen molar-refractivity contribution in [3.05, 3.63) is 89.6 Å². The number of benzene rings is 3. The molecule has 3 aromatic carbocycles. The zero-order chi connectivity index (χ0) is 21.6. The van der Waals surface area contributed by atoms with Gasteiger partial charge in [0, 0.05) is 30.1 Å². The van der Waals surface area contributed by atoms with E-state index in [4.69, 9.17) is 9.47 Å². The number of aryl methyl sites for hydroxylation is 2. The van der Waals surface area contributed by atoms with Gasteiger partial charge in [0.25, 0.3) is 0 Å². The summed E-state index contributed by atoms with van der Waals surface area (Å²) in [7, 11) is 1.42. The van der Waals surface area contributed by atoms with E-state index >= 15 is 0 Å².